The lowest BCUT2D eigenvalue weighted by atomic mass is 10.3. The molecule has 0 amide bonds. The largest absolute Gasteiger partial charge is 0.435 e. The molecule has 2 aromatic rings. The number of fused-ring (bicyclic) bond motifs is 1. The van der Waals surface area contributed by atoms with E-state index in [1.54, 1.807) is 0 Å². The van der Waals surface area contributed by atoms with Gasteiger partial charge in [0.05, 0.1) is 11.8 Å². The number of imidazole rings is 1. The van der Waals surface area contributed by atoms with Crippen LogP contribution in [0.2, 0.25) is 0 Å². The van der Waals surface area contributed by atoms with Crippen molar-refractivity contribution in [2.45, 2.75) is 6.18 Å². The second kappa shape index (κ2) is 3.51. The van der Waals surface area contributed by atoms with E-state index < -0.39 is 17.4 Å². The van der Waals surface area contributed by atoms with E-state index in [0.29, 0.717) is 0 Å². The normalized spacial score (nSPS) is 12.1. The summed E-state index contributed by atoms with van der Waals surface area (Å²) in [7, 11) is 2.52. The van der Waals surface area contributed by atoms with Gasteiger partial charge in [-0.3, -0.25) is 4.79 Å². The molecular formula is C9H8F3N3O2. The summed E-state index contributed by atoms with van der Waals surface area (Å²) in [5.41, 5.74) is -2.04. The Labute approximate surface area is 93.0 Å². The fourth-order valence-corrected chi connectivity index (χ4v) is 1.59. The van der Waals surface area contributed by atoms with Crippen molar-refractivity contribution >= 4 is 11.0 Å². The summed E-state index contributed by atoms with van der Waals surface area (Å²) in [6.07, 6.45) is -3.41. The second-order valence-electron chi connectivity index (χ2n) is 3.40. The predicted molar refractivity (Wildman–Crippen MR) is 52.5 cm³/mol. The molecule has 2 heterocycles. The van der Waals surface area contributed by atoms with E-state index in [1.807, 2.05) is 0 Å². The number of rotatable bonds is 1. The quantitative estimate of drug-likeness (QED) is 0.749. The Morgan fingerprint density at radius 1 is 1.41 bits per heavy atom. The molecule has 0 aliphatic heterocycles. The van der Waals surface area contributed by atoms with Crippen LogP contribution in [0.5, 0.6) is 0 Å². The maximum Gasteiger partial charge on any atom is 0.435 e. The number of aryl methyl sites for hydroxylation is 1. The van der Waals surface area contributed by atoms with E-state index in [1.165, 1.54) is 17.9 Å². The molecule has 2 aromatic heterocycles. The Morgan fingerprint density at radius 2 is 2.06 bits per heavy atom. The van der Waals surface area contributed by atoms with E-state index in [-0.39, 0.29) is 15.8 Å². The third kappa shape index (κ3) is 1.65. The van der Waals surface area contributed by atoms with Crippen LogP contribution in [-0.2, 0) is 13.2 Å². The number of nitrogens with zero attached hydrogens (tertiary/aromatic N) is 3. The van der Waals surface area contributed by atoms with Crippen LogP contribution in [0.25, 0.3) is 11.0 Å². The lowest BCUT2D eigenvalue weighted by molar-refractivity contribution is -0.151. The zero-order valence-electron chi connectivity index (χ0n) is 8.95. The van der Waals surface area contributed by atoms with Crippen molar-refractivity contribution in [1.82, 2.24) is 14.3 Å². The molecule has 0 saturated heterocycles. The molecule has 17 heavy (non-hydrogen) atoms. The van der Waals surface area contributed by atoms with Gasteiger partial charge in [0.25, 0.3) is 0 Å². The number of hydrogen-bond donors (Lipinski definition) is 0. The molecule has 0 N–H and O–H groups in total. The van der Waals surface area contributed by atoms with Gasteiger partial charge >= 0.3 is 11.7 Å². The van der Waals surface area contributed by atoms with Gasteiger partial charge in [0.1, 0.15) is 12.6 Å². The van der Waals surface area contributed by atoms with E-state index in [4.69, 9.17) is 0 Å². The third-order valence-corrected chi connectivity index (χ3v) is 2.32. The molecule has 8 heteroatoms. The monoisotopic (exact) mass is 247 g/mol. The van der Waals surface area contributed by atoms with Gasteiger partial charge < -0.3 is 9.40 Å². The van der Waals surface area contributed by atoms with Gasteiger partial charge in [-0.05, 0) is 6.07 Å². The average molecular weight is 247 g/mol. The molecule has 0 radical (unpaired) electrons. The van der Waals surface area contributed by atoms with Gasteiger partial charge in [-0.15, -0.1) is 4.73 Å². The number of halogens is 3. The Bertz CT molecular complexity index is 627. The molecule has 0 unspecified atom stereocenters. The molecule has 0 aliphatic rings. The first kappa shape index (κ1) is 11.5. The smallest absolute Gasteiger partial charge is 0.413 e. The maximum atomic E-state index is 12.7. The Morgan fingerprint density at radius 3 is 2.59 bits per heavy atom. The Balaban J connectivity index is 2.92. The first-order valence-corrected chi connectivity index (χ1v) is 4.55. The van der Waals surface area contributed by atoms with Crippen molar-refractivity contribution in [3.05, 3.63) is 28.4 Å². The molecule has 0 aromatic carbocycles. The van der Waals surface area contributed by atoms with Crippen LogP contribution in [-0.4, -0.2) is 21.4 Å². The molecule has 0 atom stereocenters. The summed E-state index contributed by atoms with van der Waals surface area (Å²) in [6, 6.07) is 0.778. The molecule has 2 rings (SSSR count). The van der Waals surface area contributed by atoms with E-state index in [0.717, 1.165) is 13.2 Å². The number of aromatic nitrogens is 3. The number of pyridine rings is 1. The highest BCUT2D eigenvalue weighted by Crippen LogP contribution is 2.29. The van der Waals surface area contributed by atoms with E-state index in [2.05, 4.69) is 9.82 Å². The van der Waals surface area contributed by atoms with Gasteiger partial charge in [-0.25, -0.2) is 4.98 Å². The van der Waals surface area contributed by atoms with Crippen molar-refractivity contribution in [2.75, 3.05) is 7.11 Å². The SMILES string of the molecule is COn1c(C(F)(F)F)cc2ncn(C)c2c1=O. The summed E-state index contributed by atoms with van der Waals surface area (Å²) in [5.74, 6) is 0. The van der Waals surface area contributed by atoms with Crippen molar-refractivity contribution in [3.8, 4) is 0 Å². The predicted octanol–water partition coefficient (Wildman–Crippen LogP) is 0.812. The first-order chi connectivity index (χ1) is 7.86. The zero-order chi connectivity index (χ0) is 12.8. The number of alkyl halides is 3. The minimum Gasteiger partial charge on any atom is -0.413 e. The molecule has 0 fully saturated rings. The molecule has 0 bridgehead atoms. The van der Waals surface area contributed by atoms with Crippen LogP contribution in [0.1, 0.15) is 5.69 Å². The van der Waals surface area contributed by atoms with E-state index >= 15 is 0 Å². The van der Waals surface area contributed by atoms with Crippen LogP contribution in [0.4, 0.5) is 13.2 Å². The van der Waals surface area contributed by atoms with Crippen LogP contribution in [0.15, 0.2) is 17.2 Å². The van der Waals surface area contributed by atoms with Crippen LogP contribution in [0, 0.1) is 0 Å². The summed E-state index contributed by atoms with van der Waals surface area (Å²) in [5, 5.41) is 0. The minimum absolute atomic E-state index is 0.0156. The van der Waals surface area contributed by atoms with Crippen molar-refractivity contribution < 1.29 is 18.0 Å². The summed E-state index contributed by atoms with van der Waals surface area (Å²) >= 11 is 0. The molecule has 0 spiro atoms. The highest BCUT2D eigenvalue weighted by Gasteiger charge is 2.36. The van der Waals surface area contributed by atoms with Crippen molar-refractivity contribution in [1.29, 1.82) is 0 Å². The van der Waals surface area contributed by atoms with Gasteiger partial charge in [-0.1, -0.05) is 0 Å². The van der Waals surface area contributed by atoms with Crippen molar-refractivity contribution in [2.24, 2.45) is 7.05 Å². The van der Waals surface area contributed by atoms with Gasteiger partial charge in [0.15, 0.2) is 5.69 Å². The van der Waals surface area contributed by atoms with Crippen LogP contribution >= 0.6 is 0 Å². The highest BCUT2D eigenvalue weighted by atomic mass is 19.4. The lowest BCUT2D eigenvalue weighted by Crippen LogP contribution is -2.32. The fraction of sp³-hybridized carbons (Fsp3) is 0.333. The zero-order valence-corrected chi connectivity index (χ0v) is 8.95. The van der Waals surface area contributed by atoms with Gasteiger partial charge in [0, 0.05) is 7.05 Å². The average Bonchev–Trinajstić information content (AvgIpc) is 2.59. The summed E-state index contributed by atoms with van der Waals surface area (Å²) in [4.78, 5) is 20.0. The molecule has 0 saturated carbocycles. The fourth-order valence-electron chi connectivity index (χ4n) is 1.59. The minimum atomic E-state index is -4.68. The topological polar surface area (TPSA) is 49.0 Å². The highest BCUT2D eigenvalue weighted by molar-refractivity contribution is 5.74. The molecule has 0 aliphatic carbocycles. The third-order valence-electron chi connectivity index (χ3n) is 2.32. The Hall–Kier alpha value is -1.99. The molecule has 92 valence electrons. The molecule has 5 nitrogen and oxygen atoms in total. The standard InChI is InChI=1S/C9H8F3N3O2/c1-14-4-13-5-3-6(9(10,11)12)15(17-2)8(16)7(5)14/h3-4H,1-2H3. The lowest BCUT2D eigenvalue weighted by Gasteiger charge is -2.13. The maximum absolute atomic E-state index is 12.7. The van der Waals surface area contributed by atoms with E-state index in [9.17, 15) is 18.0 Å². The Kier molecular flexibility index (Phi) is 2.37. The first-order valence-electron chi connectivity index (χ1n) is 4.55. The summed E-state index contributed by atoms with van der Waals surface area (Å²) in [6.45, 7) is 0. The van der Waals surface area contributed by atoms with Crippen molar-refractivity contribution in [3.63, 3.8) is 0 Å². The second-order valence-corrected chi connectivity index (χ2v) is 3.40. The molecular weight excluding hydrogens is 239 g/mol. The van der Waals surface area contributed by atoms with Gasteiger partial charge in [-0.2, -0.15) is 13.2 Å². The summed E-state index contributed by atoms with van der Waals surface area (Å²) < 4.78 is 39.6. The van der Waals surface area contributed by atoms with Gasteiger partial charge in [0.2, 0.25) is 0 Å². The number of hydrogen-bond acceptors (Lipinski definition) is 3. The van der Waals surface area contributed by atoms with Crippen LogP contribution in [0.3, 0.4) is 0 Å². The van der Waals surface area contributed by atoms with Crippen LogP contribution < -0.4 is 10.4 Å².